The van der Waals surface area contributed by atoms with Crippen LogP contribution in [0.1, 0.15) is 60.3 Å². The fourth-order valence-corrected chi connectivity index (χ4v) is 2.43. The van der Waals surface area contributed by atoms with Gasteiger partial charge in [-0.3, -0.25) is 0 Å². The molecular weight excluding hydrogens is 170 g/mol. The first-order valence-electron chi connectivity index (χ1n) is 6.40. The summed E-state index contributed by atoms with van der Waals surface area (Å²) < 4.78 is 0. The molecule has 0 aromatic rings. The van der Waals surface area contributed by atoms with E-state index in [-0.39, 0.29) is 0 Å². The van der Waals surface area contributed by atoms with Crippen LogP contribution in [0.4, 0.5) is 0 Å². The highest BCUT2D eigenvalue weighted by atomic mass is 14.9. The zero-order chi connectivity index (χ0) is 11.0. The maximum Gasteiger partial charge on any atom is 0.0118 e. The van der Waals surface area contributed by atoms with Crippen LogP contribution in [0.5, 0.6) is 0 Å². The van der Waals surface area contributed by atoms with E-state index in [0.29, 0.717) is 0 Å². The highest BCUT2D eigenvalue weighted by molar-refractivity contribution is 4.78. The Balaban J connectivity index is 4.21. The fourth-order valence-electron chi connectivity index (χ4n) is 2.43. The molecule has 0 saturated heterocycles. The van der Waals surface area contributed by atoms with Gasteiger partial charge in [-0.25, -0.2) is 0 Å². The van der Waals surface area contributed by atoms with E-state index >= 15 is 0 Å². The SMILES string of the molecule is CCCC(CCC)C(NCC)C(C)C. The van der Waals surface area contributed by atoms with Crippen molar-refractivity contribution in [3.63, 3.8) is 0 Å². The van der Waals surface area contributed by atoms with Crippen molar-refractivity contribution in [2.45, 2.75) is 66.3 Å². The van der Waals surface area contributed by atoms with Gasteiger partial charge in [0.15, 0.2) is 0 Å². The van der Waals surface area contributed by atoms with Gasteiger partial charge < -0.3 is 5.32 Å². The molecule has 0 spiro atoms. The van der Waals surface area contributed by atoms with Crippen LogP contribution >= 0.6 is 0 Å². The van der Waals surface area contributed by atoms with Gasteiger partial charge in [-0.1, -0.05) is 47.5 Å². The Kier molecular flexibility index (Phi) is 8.26. The second-order valence-corrected chi connectivity index (χ2v) is 4.66. The van der Waals surface area contributed by atoms with Crippen molar-refractivity contribution in [2.75, 3.05) is 6.54 Å². The second kappa shape index (κ2) is 8.28. The summed E-state index contributed by atoms with van der Waals surface area (Å²) in [7, 11) is 0. The van der Waals surface area contributed by atoms with E-state index in [0.717, 1.165) is 24.4 Å². The lowest BCUT2D eigenvalue weighted by Gasteiger charge is -2.30. The molecule has 0 radical (unpaired) electrons. The molecule has 0 heterocycles. The third-order valence-electron chi connectivity index (χ3n) is 2.98. The van der Waals surface area contributed by atoms with Gasteiger partial charge in [-0.15, -0.1) is 0 Å². The van der Waals surface area contributed by atoms with E-state index in [4.69, 9.17) is 0 Å². The standard InChI is InChI=1S/C13H29N/c1-6-9-12(10-7-2)13(11(4)5)14-8-3/h11-14H,6-10H2,1-5H3. The first kappa shape index (κ1) is 14.0. The van der Waals surface area contributed by atoms with E-state index in [1.54, 1.807) is 0 Å². The Labute approximate surface area is 90.7 Å². The summed E-state index contributed by atoms with van der Waals surface area (Å²) in [5.74, 6) is 1.64. The van der Waals surface area contributed by atoms with Crippen LogP contribution < -0.4 is 5.32 Å². The van der Waals surface area contributed by atoms with Crippen molar-refractivity contribution >= 4 is 0 Å². The Bertz CT molecular complexity index is 114. The Morgan fingerprint density at radius 2 is 1.43 bits per heavy atom. The number of hydrogen-bond acceptors (Lipinski definition) is 1. The molecule has 0 aliphatic carbocycles. The molecule has 0 amide bonds. The van der Waals surface area contributed by atoms with Crippen molar-refractivity contribution in [3.05, 3.63) is 0 Å². The minimum absolute atomic E-state index is 0.722. The highest BCUT2D eigenvalue weighted by Gasteiger charge is 2.21. The Morgan fingerprint density at radius 1 is 0.929 bits per heavy atom. The van der Waals surface area contributed by atoms with E-state index in [2.05, 4.69) is 39.9 Å². The molecule has 0 aliphatic heterocycles. The summed E-state index contributed by atoms with van der Waals surface area (Å²) in [5.41, 5.74) is 0. The van der Waals surface area contributed by atoms with E-state index in [1.165, 1.54) is 25.7 Å². The molecule has 0 bridgehead atoms. The van der Waals surface area contributed by atoms with Gasteiger partial charge in [0.1, 0.15) is 0 Å². The van der Waals surface area contributed by atoms with Gasteiger partial charge in [0.2, 0.25) is 0 Å². The molecule has 0 aliphatic rings. The predicted octanol–water partition coefficient (Wildman–Crippen LogP) is 3.84. The second-order valence-electron chi connectivity index (χ2n) is 4.66. The van der Waals surface area contributed by atoms with Gasteiger partial charge in [-0.2, -0.15) is 0 Å². The molecule has 1 heteroatoms. The Hall–Kier alpha value is -0.0400. The van der Waals surface area contributed by atoms with Crippen molar-refractivity contribution in [1.82, 2.24) is 5.32 Å². The lowest BCUT2D eigenvalue weighted by atomic mass is 9.84. The van der Waals surface area contributed by atoms with E-state index in [1.807, 2.05) is 0 Å². The molecule has 86 valence electrons. The van der Waals surface area contributed by atoms with Gasteiger partial charge >= 0.3 is 0 Å². The molecule has 0 rings (SSSR count). The zero-order valence-electron chi connectivity index (χ0n) is 10.8. The average molecular weight is 199 g/mol. The van der Waals surface area contributed by atoms with Crippen molar-refractivity contribution < 1.29 is 0 Å². The van der Waals surface area contributed by atoms with Gasteiger partial charge in [0.25, 0.3) is 0 Å². The first-order valence-corrected chi connectivity index (χ1v) is 6.40. The minimum Gasteiger partial charge on any atom is -0.314 e. The van der Waals surface area contributed by atoms with Crippen LogP contribution in [0.2, 0.25) is 0 Å². The lowest BCUT2D eigenvalue weighted by Crippen LogP contribution is -2.40. The molecule has 0 aromatic carbocycles. The maximum atomic E-state index is 3.65. The van der Waals surface area contributed by atoms with Crippen LogP contribution in [0, 0.1) is 11.8 Å². The molecule has 0 saturated carbocycles. The zero-order valence-corrected chi connectivity index (χ0v) is 10.8. The van der Waals surface area contributed by atoms with Gasteiger partial charge in [0, 0.05) is 6.04 Å². The third kappa shape index (κ3) is 4.99. The summed E-state index contributed by atoms with van der Waals surface area (Å²) in [6.07, 6.45) is 5.39. The smallest absolute Gasteiger partial charge is 0.0118 e. The summed E-state index contributed by atoms with van der Waals surface area (Å²) in [6, 6.07) is 0.722. The monoisotopic (exact) mass is 199 g/mol. The molecule has 1 unspecified atom stereocenters. The highest BCUT2D eigenvalue weighted by Crippen LogP contribution is 2.22. The van der Waals surface area contributed by atoms with Crippen LogP contribution in [-0.4, -0.2) is 12.6 Å². The predicted molar refractivity (Wildman–Crippen MR) is 65.6 cm³/mol. The normalized spacial score (nSPS) is 13.9. The van der Waals surface area contributed by atoms with E-state index in [9.17, 15) is 0 Å². The molecular formula is C13H29N. The largest absolute Gasteiger partial charge is 0.314 e. The first-order chi connectivity index (χ1) is 6.67. The topological polar surface area (TPSA) is 12.0 Å². The fraction of sp³-hybridized carbons (Fsp3) is 1.00. The number of rotatable bonds is 8. The van der Waals surface area contributed by atoms with Crippen LogP contribution in [-0.2, 0) is 0 Å². The van der Waals surface area contributed by atoms with Crippen LogP contribution in [0.3, 0.4) is 0 Å². The van der Waals surface area contributed by atoms with Crippen LogP contribution in [0.25, 0.3) is 0 Å². The maximum absolute atomic E-state index is 3.65. The molecule has 1 N–H and O–H groups in total. The van der Waals surface area contributed by atoms with Gasteiger partial charge in [0.05, 0.1) is 0 Å². The van der Waals surface area contributed by atoms with E-state index < -0.39 is 0 Å². The molecule has 1 atom stereocenters. The third-order valence-corrected chi connectivity index (χ3v) is 2.98. The van der Waals surface area contributed by atoms with Crippen molar-refractivity contribution in [2.24, 2.45) is 11.8 Å². The summed E-state index contributed by atoms with van der Waals surface area (Å²) in [4.78, 5) is 0. The van der Waals surface area contributed by atoms with Crippen LogP contribution in [0.15, 0.2) is 0 Å². The Morgan fingerprint density at radius 3 is 1.71 bits per heavy atom. The summed E-state index contributed by atoms with van der Waals surface area (Å²) >= 11 is 0. The molecule has 0 aromatic heterocycles. The quantitative estimate of drug-likeness (QED) is 0.626. The van der Waals surface area contributed by atoms with Crippen molar-refractivity contribution in [1.29, 1.82) is 0 Å². The number of nitrogens with one attached hydrogen (secondary N) is 1. The van der Waals surface area contributed by atoms with Crippen molar-refractivity contribution in [3.8, 4) is 0 Å². The molecule has 14 heavy (non-hydrogen) atoms. The minimum atomic E-state index is 0.722. The molecule has 0 fully saturated rings. The molecule has 1 nitrogen and oxygen atoms in total. The lowest BCUT2D eigenvalue weighted by molar-refractivity contribution is 0.256. The van der Waals surface area contributed by atoms with Gasteiger partial charge in [-0.05, 0) is 31.2 Å². The summed E-state index contributed by atoms with van der Waals surface area (Å²) in [6.45, 7) is 12.6. The average Bonchev–Trinajstić information content (AvgIpc) is 2.13. The summed E-state index contributed by atoms with van der Waals surface area (Å²) in [5, 5.41) is 3.65. The number of hydrogen-bond donors (Lipinski definition) is 1.